The summed E-state index contributed by atoms with van der Waals surface area (Å²) in [6, 6.07) is 31.4. The van der Waals surface area contributed by atoms with E-state index in [4.69, 9.17) is 46.9 Å². The van der Waals surface area contributed by atoms with Crippen molar-refractivity contribution in [1.82, 2.24) is 0 Å². The van der Waals surface area contributed by atoms with Crippen LogP contribution in [0.2, 0.25) is 10.0 Å². The third-order valence-corrected chi connectivity index (χ3v) is 7.17. The Morgan fingerprint density at radius 3 is 1.71 bits per heavy atom. The van der Waals surface area contributed by atoms with Gasteiger partial charge in [0.15, 0.2) is 0 Å². The van der Waals surface area contributed by atoms with Gasteiger partial charge in [-0.3, -0.25) is 0 Å². The average molecular weight is 833 g/mol. The summed E-state index contributed by atoms with van der Waals surface area (Å²) in [5.74, 6) is 1.53. The van der Waals surface area contributed by atoms with Gasteiger partial charge in [-0.2, -0.15) is 6.61 Å². The molecule has 0 radical (unpaired) electrons. The van der Waals surface area contributed by atoms with Crippen LogP contribution in [0, 0.1) is 37.7 Å². The van der Waals surface area contributed by atoms with Gasteiger partial charge in [0.25, 0.3) is 0 Å². The number of rotatable bonds is 14. The molecule has 0 spiro atoms. The van der Waals surface area contributed by atoms with Crippen molar-refractivity contribution in [1.29, 1.82) is 0 Å². The van der Waals surface area contributed by atoms with E-state index in [-0.39, 0.29) is 37.2 Å². The van der Waals surface area contributed by atoms with Gasteiger partial charge in [0.2, 0.25) is 0 Å². The van der Waals surface area contributed by atoms with Crippen LogP contribution in [0.15, 0.2) is 97.1 Å². The van der Waals surface area contributed by atoms with Crippen molar-refractivity contribution in [2.24, 2.45) is 0 Å². The molecule has 0 saturated heterocycles. The van der Waals surface area contributed by atoms with Crippen LogP contribution in [0.1, 0.15) is 42.5 Å². The van der Waals surface area contributed by atoms with E-state index in [9.17, 15) is 0 Å². The zero-order valence-corrected chi connectivity index (χ0v) is 29.9. The van der Waals surface area contributed by atoms with E-state index in [1.807, 2.05) is 85.8 Å². The molecule has 5 nitrogen and oxygen atoms in total. The minimum Gasteiger partial charge on any atom is -0.527 e. The summed E-state index contributed by atoms with van der Waals surface area (Å²) in [6.45, 7) is 5.91. The second-order valence-electron chi connectivity index (χ2n) is 9.50. The van der Waals surface area contributed by atoms with Crippen LogP contribution in [0.3, 0.4) is 0 Å². The summed E-state index contributed by atoms with van der Waals surface area (Å²) in [5.41, 5.74) is 2.78. The van der Waals surface area contributed by atoms with Gasteiger partial charge in [-0.05, 0) is 77.7 Å². The van der Waals surface area contributed by atoms with E-state index >= 15 is 0 Å². The molecule has 0 saturated carbocycles. The average Bonchev–Trinajstić information content (AvgIpc) is 3.00. The SMILES string of the molecule is CCC([CH-]OC(C)OCc1cc(Cl)cc(Cl)c1)OC(c1ccccc1)(c1ccc(OC)cc1)c1ccc(OC)cc1.[U]. The summed E-state index contributed by atoms with van der Waals surface area (Å²) in [6.07, 6.45) is -0.248. The minimum atomic E-state index is -0.956. The van der Waals surface area contributed by atoms with Crippen molar-refractivity contribution >= 4 is 23.2 Å². The molecule has 0 aliphatic rings. The Kier molecular flexibility index (Phi) is 13.7. The maximum atomic E-state index is 7.08. The van der Waals surface area contributed by atoms with E-state index in [2.05, 4.69) is 19.1 Å². The third kappa shape index (κ3) is 8.77. The fourth-order valence-electron chi connectivity index (χ4n) is 4.61. The molecule has 4 aromatic rings. The number of hydrogen-bond donors (Lipinski definition) is 0. The van der Waals surface area contributed by atoms with Gasteiger partial charge in [-0.15, -0.1) is 0 Å². The predicted molar refractivity (Wildman–Crippen MR) is 164 cm³/mol. The molecule has 0 N–H and O–H groups in total. The molecule has 4 aromatic carbocycles. The summed E-state index contributed by atoms with van der Waals surface area (Å²) in [7, 11) is 3.31. The molecule has 8 heteroatoms. The van der Waals surface area contributed by atoms with E-state index in [1.165, 1.54) is 0 Å². The van der Waals surface area contributed by atoms with Crippen LogP contribution in [-0.2, 0) is 26.4 Å². The molecule has 0 fully saturated rings. The van der Waals surface area contributed by atoms with Gasteiger partial charge >= 0.3 is 0 Å². The van der Waals surface area contributed by atoms with Crippen molar-refractivity contribution < 1.29 is 54.8 Å². The van der Waals surface area contributed by atoms with E-state index in [0.29, 0.717) is 23.1 Å². The van der Waals surface area contributed by atoms with Crippen LogP contribution in [0.4, 0.5) is 0 Å². The normalized spacial score (nSPS) is 12.7. The second kappa shape index (κ2) is 16.7. The number of halogens is 2. The molecule has 0 aliphatic carbocycles. The summed E-state index contributed by atoms with van der Waals surface area (Å²) >= 11 is 12.3. The monoisotopic (exact) mass is 831 g/mol. The summed E-state index contributed by atoms with van der Waals surface area (Å²) in [4.78, 5) is 0. The first-order chi connectivity index (χ1) is 19.9. The van der Waals surface area contributed by atoms with E-state index < -0.39 is 11.9 Å². The first-order valence-electron chi connectivity index (χ1n) is 13.5. The molecule has 2 unspecified atom stereocenters. The number of methoxy groups -OCH3 is 2. The van der Waals surface area contributed by atoms with E-state index in [0.717, 1.165) is 33.8 Å². The fraction of sp³-hybridized carbons (Fsp3) is 0.265. The molecule has 42 heavy (non-hydrogen) atoms. The third-order valence-electron chi connectivity index (χ3n) is 6.73. The molecule has 0 amide bonds. The maximum Gasteiger partial charge on any atom is 0.140 e. The van der Waals surface area contributed by atoms with Crippen LogP contribution >= 0.6 is 23.2 Å². The Balaban J connectivity index is 0.00000484. The molecule has 0 aromatic heterocycles. The minimum absolute atomic E-state index is 0. The Bertz CT molecular complexity index is 1300. The summed E-state index contributed by atoms with van der Waals surface area (Å²) in [5, 5.41) is 1.12. The predicted octanol–water partition coefficient (Wildman–Crippen LogP) is 8.84. The Labute approximate surface area is 282 Å². The van der Waals surface area contributed by atoms with Gasteiger partial charge in [-0.25, -0.2) is 0 Å². The fourth-order valence-corrected chi connectivity index (χ4v) is 5.18. The number of benzene rings is 4. The largest absolute Gasteiger partial charge is 0.527 e. The molecule has 0 aliphatic heterocycles. The van der Waals surface area contributed by atoms with Gasteiger partial charge in [-0.1, -0.05) is 91.1 Å². The van der Waals surface area contributed by atoms with Crippen LogP contribution in [0.5, 0.6) is 11.5 Å². The first-order valence-corrected chi connectivity index (χ1v) is 14.2. The van der Waals surface area contributed by atoms with Crippen molar-refractivity contribution in [2.45, 2.75) is 44.9 Å². The van der Waals surface area contributed by atoms with Crippen LogP contribution < -0.4 is 9.47 Å². The smallest absolute Gasteiger partial charge is 0.140 e. The molecular weight excluding hydrogens is 797 g/mol. The molecule has 220 valence electrons. The standard InChI is InChI=1S/C34H35Cl2O5.U/c1-5-31(23-40-24(2)39-22-25-19-29(35)21-30(36)20-25)41-34(26-9-7-6-8-10-26,27-11-15-32(37-3)16-12-27)28-13-17-33(38-4)18-14-28;/h6-21,23-24,31H,5,22H2,1-4H3;/q-1;. The molecule has 0 bridgehead atoms. The van der Waals surface area contributed by atoms with Crippen molar-refractivity contribution in [2.75, 3.05) is 14.2 Å². The molecular formula is C34H35Cl2O5U-. The van der Waals surface area contributed by atoms with Crippen molar-refractivity contribution in [3.8, 4) is 11.5 Å². The zero-order valence-electron chi connectivity index (χ0n) is 24.2. The second-order valence-corrected chi connectivity index (χ2v) is 10.4. The zero-order chi connectivity index (χ0) is 29.2. The molecule has 2 atom stereocenters. The summed E-state index contributed by atoms with van der Waals surface area (Å²) < 4.78 is 29.9. The Morgan fingerprint density at radius 2 is 1.24 bits per heavy atom. The topological polar surface area (TPSA) is 46.2 Å². The Hall–Kier alpha value is -2.01. The van der Waals surface area contributed by atoms with Crippen molar-refractivity contribution in [3.63, 3.8) is 0 Å². The quantitative estimate of drug-likeness (QED) is 0.0723. The molecule has 0 heterocycles. The van der Waals surface area contributed by atoms with Crippen LogP contribution in [0.25, 0.3) is 0 Å². The molecule has 4 rings (SSSR count). The van der Waals surface area contributed by atoms with Gasteiger partial charge in [0, 0.05) is 41.2 Å². The maximum absolute atomic E-state index is 7.08. The van der Waals surface area contributed by atoms with Crippen molar-refractivity contribution in [3.05, 3.63) is 136 Å². The van der Waals surface area contributed by atoms with Gasteiger partial charge in [0.1, 0.15) is 23.4 Å². The number of ether oxygens (including phenoxy) is 5. The first kappa shape index (κ1) is 34.5. The van der Waals surface area contributed by atoms with Gasteiger partial charge < -0.3 is 23.7 Å². The number of hydrogen-bond acceptors (Lipinski definition) is 5. The van der Waals surface area contributed by atoms with Crippen LogP contribution in [-0.4, -0.2) is 26.6 Å². The Morgan fingerprint density at radius 1 is 0.738 bits per heavy atom. The van der Waals surface area contributed by atoms with E-state index in [1.54, 1.807) is 26.9 Å². The van der Waals surface area contributed by atoms with Gasteiger partial charge in [0.05, 0.1) is 20.8 Å².